The van der Waals surface area contributed by atoms with E-state index < -0.39 is 25.2 Å². The van der Waals surface area contributed by atoms with E-state index >= 15 is 0 Å². The standard InChI is InChI=1S/C14H14F3N3O/c1-9-8-12(19-11-5-3-2-4-10(9)11)20-13(21)18-7-6-14(15,16)17/h2-5,8H,6-7H2,1H3,(H2,18,19,20,21). The van der Waals surface area contributed by atoms with E-state index in [0.717, 1.165) is 10.9 Å². The molecule has 0 saturated carbocycles. The molecule has 0 fully saturated rings. The molecule has 0 atom stereocenters. The molecule has 0 aliphatic heterocycles. The Balaban J connectivity index is 2.01. The minimum Gasteiger partial charge on any atom is -0.337 e. The van der Waals surface area contributed by atoms with E-state index in [2.05, 4.69) is 15.6 Å². The summed E-state index contributed by atoms with van der Waals surface area (Å²) in [5.41, 5.74) is 1.63. The Hall–Kier alpha value is -2.31. The van der Waals surface area contributed by atoms with Gasteiger partial charge in [0.05, 0.1) is 11.9 Å². The van der Waals surface area contributed by atoms with Crippen molar-refractivity contribution in [1.29, 1.82) is 0 Å². The van der Waals surface area contributed by atoms with Crippen LogP contribution in [0.15, 0.2) is 30.3 Å². The number of aryl methyl sites for hydroxylation is 1. The number of nitrogens with zero attached hydrogens (tertiary/aromatic N) is 1. The summed E-state index contributed by atoms with van der Waals surface area (Å²) < 4.78 is 35.9. The number of para-hydroxylation sites is 1. The summed E-state index contributed by atoms with van der Waals surface area (Å²) in [4.78, 5) is 15.8. The van der Waals surface area contributed by atoms with E-state index in [1.165, 1.54) is 0 Å². The first-order valence-electron chi connectivity index (χ1n) is 6.33. The van der Waals surface area contributed by atoms with Crippen LogP contribution in [-0.4, -0.2) is 23.7 Å². The highest BCUT2D eigenvalue weighted by Crippen LogP contribution is 2.20. The van der Waals surface area contributed by atoms with Gasteiger partial charge in [0.15, 0.2) is 0 Å². The summed E-state index contributed by atoms with van der Waals surface area (Å²) in [6.45, 7) is 1.40. The molecule has 1 aromatic carbocycles. The van der Waals surface area contributed by atoms with Crippen LogP contribution in [0.5, 0.6) is 0 Å². The summed E-state index contributed by atoms with van der Waals surface area (Å²) in [6.07, 6.45) is -5.35. The highest BCUT2D eigenvalue weighted by Gasteiger charge is 2.26. The fourth-order valence-electron chi connectivity index (χ4n) is 1.89. The van der Waals surface area contributed by atoms with Crippen LogP contribution in [0.3, 0.4) is 0 Å². The molecule has 0 saturated heterocycles. The number of nitrogens with one attached hydrogen (secondary N) is 2. The van der Waals surface area contributed by atoms with Gasteiger partial charge in [-0.2, -0.15) is 13.2 Å². The third-order valence-corrected chi connectivity index (χ3v) is 2.86. The molecular weight excluding hydrogens is 283 g/mol. The number of amides is 2. The van der Waals surface area contributed by atoms with Crippen LogP contribution in [-0.2, 0) is 0 Å². The zero-order valence-corrected chi connectivity index (χ0v) is 11.3. The van der Waals surface area contributed by atoms with Gasteiger partial charge >= 0.3 is 12.2 Å². The number of anilines is 1. The van der Waals surface area contributed by atoms with Crippen LogP contribution >= 0.6 is 0 Å². The molecule has 7 heteroatoms. The van der Waals surface area contributed by atoms with Gasteiger partial charge in [0.1, 0.15) is 5.82 Å². The van der Waals surface area contributed by atoms with Crippen LogP contribution in [0.2, 0.25) is 0 Å². The van der Waals surface area contributed by atoms with Gasteiger partial charge in [0.25, 0.3) is 0 Å². The Kier molecular flexibility index (Phi) is 4.30. The van der Waals surface area contributed by atoms with E-state index in [1.807, 2.05) is 25.1 Å². The van der Waals surface area contributed by atoms with Crippen molar-refractivity contribution >= 4 is 22.8 Å². The fraction of sp³-hybridized carbons (Fsp3) is 0.286. The van der Waals surface area contributed by atoms with Gasteiger partial charge in [0, 0.05) is 11.9 Å². The Morgan fingerprint density at radius 2 is 2.00 bits per heavy atom. The highest BCUT2D eigenvalue weighted by atomic mass is 19.4. The lowest BCUT2D eigenvalue weighted by molar-refractivity contribution is -0.132. The minimum absolute atomic E-state index is 0.302. The predicted molar refractivity (Wildman–Crippen MR) is 74.2 cm³/mol. The maximum atomic E-state index is 12.0. The summed E-state index contributed by atoms with van der Waals surface area (Å²) in [7, 11) is 0. The minimum atomic E-state index is -4.29. The molecule has 0 aliphatic carbocycles. The van der Waals surface area contributed by atoms with Crippen LogP contribution in [0.4, 0.5) is 23.8 Å². The van der Waals surface area contributed by atoms with Gasteiger partial charge in [-0.25, -0.2) is 9.78 Å². The molecular formula is C14H14F3N3O. The first-order chi connectivity index (χ1) is 9.85. The van der Waals surface area contributed by atoms with Crippen molar-refractivity contribution in [1.82, 2.24) is 10.3 Å². The SMILES string of the molecule is Cc1cc(NC(=O)NCCC(F)(F)F)nc2ccccc12. The lowest BCUT2D eigenvalue weighted by Crippen LogP contribution is -2.32. The quantitative estimate of drug-likeness (QED) is 0.909. The highest BCUT2D eigenvalue weighted by molar-refractivity contribution is 5.91. The molecule has 1 heterocycles. The number of carbonyl (C=O) groups excluding carboxylic acids is 1. The normalized spacial score (nSPS) is 11.4. The molecule has 0 aliphatic rings. The second-order valence-electron chi connectivity index (χ2n) is 4.59. The summed E-state index contributed by atoms with van der Waals surface area (Å²) >= 11 is 0. The van der Waals surface area contributed by atoms with Crippen LogP contribution < -0.4 is 10.6 Å². The number of alkyl halides is 3. The summed E-state index contributed by atoms with van der Waals surface area (Å²) in [5, 5.41) is 5.54. The Bertz CT molecular complexity index is 655. The monoisotopic (exact) mass is 297 g/mol. The predicted octanol–water partition coefficient (Wildman–Crippen LogP) is 3.62. The molecule has 1 aromatic heterocycles. The number of hydrogen-bond acceptors (Lipinski definition) is 2. The zero-order chi connectivity index (χ0) is 15.5. The number of benzene rings is 1. The molecule has 112 valence electrons. The average molecular weight is 297 g/mol. The molecule has 0 bridgehead atoms. The van der Waals surface area contributed by atoms with Crippen molar-refractivity contribution in [3.63, 3.8) is 0 Å². The van der Waals surface area contributed by atoms with Crippen molar-refractivity contribution in [2.75, 3.05) is 11.9 Å². The molecule has 21 heavy (non-hydrogen) atoms. The van der Waals surface area contributed by atoms with Crippen molar-refractivity contribution in [2.24, 2.45) is 0 Å². The Morgan fingerprint density at radius 3 is 2.71 bits per heavy atom. The number of rotatable bonds is 3. The van der Waals surface area contributed by atoms with Gasteiger partial charge in [-0.3, -0.25) is 5.32 Å². The average Bonchev–Trinajstić information content (AvgIpc) is 2.37. The van der Waals surface area contributed by atoms with Gasteiger partial charge in [-0.05, 0) is 24.6 Å². The van der Waals surface area contributed by atoms with Crippen molar-refractivity contribution in [2.45, 2.75) is 19.5 Å². The van der Waals surface area contributed by atoms with Crippen molar-refractivity contribution in [3.05, 3.63) is 35.9 Å². The largest absolute Gasteiger partial charge is 0.390 e. The third-order valence-electron chi connectivity index (χ3n) is 2.86. The fourth-order valence-corrected chi connectivity index (χ4v) is 1.89. The molecule has 2 N–H and O–H groups in total. The smallest absolute Gasteiger partial charge is 0.337 e. The zero-order valence-electron chi connectivity index (χ0n) is 11.3. The van der Waals surface area contributed by atoms with Crippen LogP contribution in [0, 0.1) is 6.92 Å². The van der Waals surface area contributed by atoms with Gasteiger partial charge in [-0.15, -0.1) is 0 Å². The van der Waals surface area contributed by atoms with Crippen molar-refractivity contribution < 1.29 is 18.0 Å². The van der Waals surface area contributed by atoms with E-state index in [-0.39, 0.29) is 0 Å². The topological polar surface area (TPSA) is 54.0 Å². The molecule has 2 rings (SSSR count). The molecule has 2 aromatic rings. The van der Waals surface area contributed by atoms with Crippen LogP contribution in [0.25, 0.3) is 10.9 Å². The number of halogens is 3. The van der Waals surface area contributed by atoms with E-state index in [0.29, 0.717) is 11.3 Å². The number of fused-ring (bicyclic) bond motifs is 1. The lowest BCUT2D eigenvalue weighted by Gasteiger charge is -2.10. The number of pyridine rings is 1. The number of carbonyl (C=O) groups is 1. The first kappa shape index (κ1) is 15.1. The second-order valence-corrected chi connectivity index (χ2v) is 4.59. The Morgan fingerprint density at radius 1 is 1.29 bits per heavy atom. The summed E-state index contributed by atoms with van der Waals surface area (Å²) in [5.74, 6) is 0.302. The molecule has 0 spiro atoms. The van der Waals surface area contributed by atoms with E-state index in [9.17, 15) is 18.0 Å². The molecule has 2 amide bonds. The van der Waals surface area contributed by atoms with Crippen LogP contribution in [0.1, 0.15) is 12.0 Å². The lowest BCUT2D eigenvalue weighted by atomic mass is 10.1. The number of urea groups is 1. The maximum absolute atomic E-state index is 12.0. The maximum Gasteiger partial charge on any atom is 0.390 e. The molecule has 0 radical (unpaired) electrons. The first-order valence-corrected chi connectivity index (χ1v) is 6.33. The molecule has 0 unspecified atom stereocenters. The van der Waals surface area contributed by atoms with E-state index in [4.69, 9.17) is 0 Å². The van der Waals surface area contributed by atoms with Crippen molar-refractivity contribution in [3.8, 4) is 0 Å². The number of aromatic nitrogens is 1. The molecule has 4 nitrogen and oxygen atoms in total. The number of hydrogen-bond donors (Lipinski definition) is 2. The van der Waals surface area contributed by atoms with Gasteiger partial charge in [-0.1, -0.05) is 18.2 Å². The Labute approximate surface area is 119 Å². The third kappa shape index (κ3) is 4.34. The van der Waals surface area contributed by atoms with Gasteiger partial charge < -0.3 is 5.32 Å². The van der Waals surface area contributed by atoms with E-state index in [1.54, 1.807) is 12.1 Å². The summed E-state index contributed by atoms with van der Waals surface area (Å²) in [6, 6.07) is 8.38. The van der Waals surface area contributed by atoms with Gasteiger partial charge in [0.2, 0.25) is 0 Å². The second kappa shape index (κ2) is 5.99.